The number of hydrogen-bond acceptors (Lipinski definition) is 7. The molecule has 10 nitrogen and oxygen atoms in total. The third-order valence-electron chi connectivity index (χ3n) is 3.54. The summed E-state index contributed by atoms with van der Waals surface area (Å²) in [5.41, 5.74) is 11.1. The summed E-state index contributed by atoms with van der Waals surface area (Å²) >= 11 is 1.50. The molecule has 0 heterocycles. The van der Waals surface area contributed by atoms with Crippen LogP contribution in [-0.2, 0) is 19.2 Å². The second-order valence-corrected chi connectivity index (χ2v) is 6.72. The van der Waals surface area contributed by atoms with Crippen LogP contribution in [0.3, 0.4) is 0 Å². The van der Waals surface area contributed by atoms with E-state index < -0.39 is 48.3 Å². The molecule has 0 aliphatic heterocycles. The number of unbranched alkanes of at least 4 members (excludes halogenated alkanes) is 1. The van der Waals surface area contributed by atoms with Gasteiger partial charge in [0.15, 0.2) is 0 Å². The molecule has 0 bridgehead atoms. The van der Waals surface area contributed by atoms with Gasteiger partial charge in [0.2, 0.25) is 11.8 Å². The fourth-order valence-corrected chi connectivity index (χ4v) is 2.55. The van der Waals surface area contributed by atoms with Crippen LogP contribution in [-0.4, -0.2) is 70.6 Å². The lowest BCUT2D eigenvalue weighted by molar-refractivity contribution is -0.143. The van der Waals surface area contributed by atoms with E-state index in [9.17, 15) is 24.3 Å². The molecule has 0 saturated heterocycles. The minimum absolute atomic E-state index is 0.152. The lowest BCUT2D eigenvalue weighted by Crippen LogP contribution is -2.55. The van der Waals surface area contributed by atoms with Crippen molar-refractivity contribution in [3.63, 3.8) is 0 Å². The molecule has 0 aromatic rings. The number of nitrogens with two attached hydrogens (primary N) is 2. The minimum Gasteiger partial charge on any atom is -0.481 e. The molecule has 0 rings (SSSR count). The minimum atomic E-state index is -1.41. The monoisotopic (exact) mass is 392 g/mol. The molecule has 0 saturated carbocycles. The predicted molar refractivity (Wildman–Crippen MR) is 97.6 cm³/mol. The maximum atomic E-state index is 12.3. The van der Waals surface area contributed by atoms with Gasteiger partial charge < -0.3 is 32.3 Å². The molecule has 150 valence electrons. The van der Waals surface area contributed by atoms with Gasteiger partial charge in [0.1, 0.15) is 12.1 Å². The van der Waals surface area contributed by atoms with E-state index in [1.807, 2.05) is 6.26 Å². The third-order valence-corrected chi connectivity index (χ3v) is 4.19. The Balaban J connectivity index is 4.91. The van der Waals surface area contributed by atoms with E-state index in [0.717, 1.165) is 0 Å². The number of aliphatic carboxylic acids is 2. The van der Waals surface area contributed by atoms with Crippen molar-refractivity contribution in [2.45, 2.75) is 50.2 Å². The second kappa shape index (κ2) is 13.4. The maximum absolute atomic E-state index is 12.3. The molecule has 0 fully saturated rings. The predicted octanol–water partition coefficient (Wildman–Crippen LogP) is -1.28. The molecule has 2 amide bonds. The van der Waals surface area contributed by atoms with Gasteiger partial charge in [0, 0.05) is 0 Å². The van der Waals surface area contributed by atoms with Crippen LogP contribution in [0.4, 0.5) is 0 Å². The van der Waals surface area contributed by atoms with Crippen molar-refractivity contribution in [3.05, 3.63) is 0 Å². The second-order valence-electron chi connectivity index (χ2n) is 5.73. The summed E-state index contributed by atoms with van der Waals surface area (Å²) in [6, 6.07) is -3.48. The van der Waals surface area contributed by atoms with E-state index >= 15 is 0 Å². The van der Waals surface area contributed by atoms with Gasteiger partial charge in [0.05, 0.1) is 12.5 Å². The molecule has 11 heteroatoms. The van der Waals surface area contributed by atoms with E-state index in [4.69, 9.17) is 16.6 Å². The highest BCUT2D eigenvalue weighted by Crippen LogP contribution is 2.04. The number of hydrogen-bond donors (Lipinski definition) is 6. The lowest BCUT2D eigenvalue weighted by atomic mass is 10.1. The van der Waals surface area contributed by atoms with Crippen LogP contribution in [0.1, 0.15) is 32.1 Å². The van der Waals surface area contributed by atoms with Gasteiger partial charge in [0.25, 0.3) is 0 Å². The van der Waals surface area contributed by atoms with Crippen molar-refractivity contribution in [2.24, 2.45) is 11.5 Å². The van der Waals surface area contributed by atoms with Crippen molar-refractivity contribution >= 4 is 35.5 Å². The maximum Gasteiger partial charge on any atom is 0.326 e. The molecule has 0 aliphatic rings. The Labute approximate surface area is 156 Å². The van der Waals surface area contributed by atoms with Gasteiger partial charge in [-0.3, -0.25) is 14.4 Å². The first kappa shape index (κ1) is 24.1. The summed E-state index contributed by atoms with van der Waals surface area (Å²) < 4.78 is 0. The molecule has 0 spiro atoms. The Morgan fingerprint density at radius 2 is 1.62 bits per heavy atom. The topological polar surface area (TPSA) is 185 Å². The number of amides is 2. The first-order valence-electron chi connectivity index (χ1n) is 8.22. The van der Waals surface area contributed by atoms with E-state index in [0.29, 0.717) is 31.6 Å². The van der Waals surface area contributed by atoms with Gasteiger partial charge in [-0.2, -0.15) is 11.8 Å². The Morgan fingerprint density at radius 3 is 2.12 bits per heavy atom. The molecule has 8 N–H and O–H groups in total. The highest BCUT2D eigenvalue weighted by atomic mass is 32.2. The van der Waals surface area contributed by atoms with Gasteiger partial charge in [-0.1, -0.05) is 0 Å². The quantitative estimate of drug-likeness (QED) is 0.196. The average Bonchev–Trinajstić information content (AvgIpc) is 2.57. The van der Waals surface area contributed by atoms with Crippen LogP contribution in [0.5, 0.6) is 0 Å². The number of carboxylic acid groups (broad SMARTS) is 2. The zero-order valence-electron chi connectivity index (χ0n) is 14.8. The number of carbonyl (C=O) groups excluding carboxylic acids is 2. The lowest BCUT2D eigenvalue weighted by Gasteiger charge is -2.22. The zero-order valence-corrected chi connectivity index (χ0v) is 15.6. The Morgan fingerprint density at radius 1 is 1.00 bits per heavy atom. The van der Waals surface area contributed by atoms with Crippen LogP contribution < -0.4 is 22.1 Å². The van der Waals surface area contributed by atoms with Crippen LogP contribution in [0, 0.1) is 0 Å². The van der Waals surface area contributed by atoms with Gasteiger partial charge >= 0.3 is 11.9 Å². The third kappa shape index (κ3) is 10.2. The normalized spacial score (nSPS) is 14.1. The fourth-order valence-electron chi connectivity index (χ4n) is 2.06. The average molecular weight is 392 g/mol. The van der Waals surface area contributed by atoms with Crippen molar-refractivity contribution in [1.82, 2.24) is 10.6 Å². The summed E-state index contributed by atoms with van der Waals surface area (Å²) in [7, 11) is 0. The molecule has 0 aromatic carbocycles. The highest BCUT2D eigenvalue weighted by Gasteiger charge is 2.29. The Kier molecular flexibility index (Phi) is 12.4. The van der Waals surface area contributed by atoms with Gasteiger partial charge in [-0.15, -0.1) is 0 Å². The molecule has 3 atom stereocenters. The van der Waals surface area contributed by atoms with Gasteiger partial charge in [-0.05, 0) is 44.2 Å². The Bertz CT molecular complexity index is 491. The molecule has 0 aromatic heterocycles. The summed E-state index contributed by atoms with van der Waals surface area (Å²) in [6.45, 7) is 0.395. The van der Waals surface area contributed by atoms with E-state index in [1.165, 1.54) is 11.8 Å². The standard InChI is InChI=1S/C15H28N4O6S/c1-26-7-5-9(17)13(22)19-11(8-12(20)21)14(23)18-10(15(24)25)4-2-3-6-16/h9-11H,2-8,16-17H2,1H3,(H,18,23)(H,19,22)(H,20,21)(H,24,25). The number of thioether (sulfide) groups is 1. The van der Waals surface area contributed by atoms with Crippen molar-refractivity contribution in [2.75, 3.05) is 18.6 Å². The SMILES string of the molecule is CSCCC(N)C(=O)NC(CC(=O)O)C(=O)NC(CCCCN)C(=O)O. The Hall–Kier alpha value is -1.85. The fraction of sp³-hybridized carbons (Fsp3) is 0.733. The molecule has 3 unspecified atom stereocenters. The summed E-state index contributed by atoms with van der Waals surface area (Å²) in [4.78, 5) is 46.5. The molecule has 26 heavy (non-hydrogen) atoms. The van der Waals surface area contributed by atoms with E-state index in [2.05, 4.69) is 10.6 Å². The molecule has 0 aliphatic carbocycles. The first-order chi connectivity index (χ1) is 12.2. The van der Waals surface area contributed by atoms with Crippen molar-refractivity contribution in [1.29, 1.82) is 0 Å². The molecule has 0 radical (unpaired) electrons. The van der Waals surface area contributed by atoms with Crippen molar-refractivity contribution < 1.29 is 29.4 Å². The largest absolute Gasteiger partial charge is 0.481 e. The molecular formula is C15H28N4O6S. The smallest absolute Gasteiger partial charge is 0.326 e. The number of rotatable bonds is 14. The summed E-state index contributed by atoms with van der Waals surface area (Å²) in [5.74, 6) is -3.45. The van der Waals surface area contributed by atoms with Crippen LogP contribution in [0.25, 0.3) is 0 Å². The summed E-state index contributed by atoms with van der Waals surface area (Å²) in [5, 5.41) is 22.7. The van der Waals surface area contributed by atoms with Crippen molar-refractivity contribution in [3.8, 4) is 0 Å². The van der Waals surface area contributed by atoms with E-state index in [1.54, 1.807) is 0 Å². The number of carboxylic acids is 2. The van der Waals surface area contributed by atoms with Crippen LogP contribution in [0.15, 0.2) is 0 Å². The van der Waals surface area contributed by atoms with Crippen LogP contribution >= 0.6 is 11.8 Å². The first-order valence-corrected chi connectivity index (χ1v) is 9.62. The highest BCUT2D eigenvalue weighted by molar-refractivity contribution is 7.98. The molecular weight excluding hydrogens is 364 g/mol. The van der Waals surface area contributed by atoms with Crippen LogP contribution in [0.2, 0.25) is 0 Å². The van der Waals surface area contributed by atoms with Gasteiger partial charge in [-0.25, -0.2) is 4.79 Å². The van der Waals surface area contributed by atoms with E-state index in [-0.39, 0.29) is 6.42 Å². The summed E-state index contributed by atoms with van der Waals surface area (Å²) in [6.07, 6.45) is 2.77. The zero-order chi connectivity index (χ0) is 20.1. The number of carbonyl (C=O) groups is 4. The number of nitrogens with one attached hydrogen (secondary N) is 2.